The Kier molecular flexibility index (Phi) is 18.1. The van der Waals surface area contributed by atoms with Crippen LogP contribution in [0.3, 0.4) is 0 Å². The van der Waals surface area contributed by atoms with Crippen LogP contribution in [0, 0.1) is 0 Å². The van der Waals surface area contributed by atoms with E-state index in [-0.39, 0.29) is 12.1 Å². The van der Waals surface area contributed by atoms with E-state index < -0.39 is 10.4 Å². The fraction of sp³-hybridized carbons (Fsp3) is 0.950. The Morgan fingerprint density at radius 2 is 1.36 bits per heavy atom. The van der Waals surface area contributed by atoms with Crippen LogP contribution in [-0.2, 0) is 19.4 Å². The van der Waals surface area contributed by atoms with Crippen LogP contribution >= 0.6 is 0 Å². The van der Waals surface area contributed by atoms with Gasteiger partial charge >= 0.3 is 0 Å². The number of hydrogen-bond donors (Lipinski definition) is 1. The van der Waals surface area contributed by atoms with Crippen molar-refractivity contribution in [3.05, 3.63) is 0 Å². The number of carbonyl (C=O) groups excluding carboxylic acids is 1. The molecule has 0 fully saturated rings. The molecule has 1 amide bonds. The average molecular weight is 425 g/mol. The molecule has 7 nitrogen and oxygen atoms in total. The Hall–Kier alpha value is -0.700. The van der Waals surface area contributed by atoms with E-state index in [2.05, 4.69) is 44.2 Å². The lowest BCUT2D eigenvalue weighted by molar-refractivity contribution is -0.930. The summed E-state index contributed by atoms with van der Waals surface area (Å²) in [5.74, 6) is 0.224. The van der Waals surface area contributed by atoms with Gasteiger partial charge in [-0.3, -0.25) is 8.98 Å². The van der Waals surface area contributed by atoms with Crippen molar-refractivity contribution in [2.24, 2.45) is 0 Å². The predicted octanol–water partition coefficient (Wildman–Crippen LogP) is 3.95. The largest absolute Gasteiger partial charge is 0.726 e. The standard InChI is InChI=1S/C19H40N2O.CH4O4S/c1-6-9-10-11-12-13-14-15-16-17-19(22)20-18(4)21(5,7-2)8-3;1-5-6(2,3)4/h18H,6-17H2,1-5H3;1H3,(H,2,3,4). The van der Waals surface area contributed by atoms with Crippen LogP contribution in [0.2, 0.25) is 0 Å². The molecule has 0 saturated heterocycles. The van der Waals surface area contributed by atoms with Crippen molar-refractivity contribution in [3.63, 3.8) is 0 Å². The zero-order valence-corrected chi connectivity index (χ0v) is 19.8. The SMILES string of the molecule is CCCCCCCCCCCC(=O)NC(C)[N+](C)(CC)CC.COS(=O)(=O)[O-]. The molecule has 170 valence electrons. The maximum absolute atomic E-state index is 12.0. The van der Waals surface area contributed by atoms with Gasteiger partial charge in [0, 0.05) is 13.3 Å². The predicted molar refractivity (Wildman–Crippen MR) is 113 cm³/mol. The van der Waals surface area contributed by atoms with E-state index in [4.69, 9.17) is 0 Å². The minimum absolute atomic E-state index is 0.209. The number of quaternary nitrogens is 1. The maximum Gasteiger partial charge on any atom is 0.224 e. The van der Waals surface area contributed by atoms with Crippen LogP contribution in [0.4, 0.5) is 0 Å². The van der Waals surface area contributed by atoms with Crippen molar-refractivity contribution < 1.29 is 26.4 Å². The molecule has 1 N–H and O–H groups in total. The van der Waals surface area contributed by atoms with Gasteiger partial charge in [0.15, 0.2) is 6.17 Å². The summed E-state index contributed by atoms with van der Waals surface area (Å²) in [4.78, 5) is 12.0. The third kappa shape index (κ3) is 17.4. The first kappa shape index (κ1) is 29.5. The van der Waals surface area contributed by atoms with Gasteiger partial charge in [0.2, 0.25) is 16.3 Å². The number of rotatable bonds is 15. The van der Waals surface area contributed by atoms with E-state index in [1.165, 1.54) is 51.4 Å². The molecule has 0 aliphatic carbocycles. The normalized spacial score (nSPS) is 12.8. The van der Waals surface area contributed by atoms with E-state index in [1.54, 1.807) is 0 Å². The second kappa shape index (κ2) is 17.2. The highest BCUT2D eigenvalue weighted by Crippen LogP contribution is 2.11. The summed E-state index contributed by atoms with van der Waals surface area (Å²) in [5.41, 5.74) is 0. The molecule has 0 saturated carbocycles. The summed E-state index contributed by atoms with van der Waals surface area (Å²) in [6.07, 6.45) is 12.6. The Morgan fingerprint density at radius 3 is 1.71 bits per heavy atom. The lowest BCUT2D eigenvalue weighted by Gasteiger charge is -2.38. The number of amides is 1. The van der Waals surface area contributed by atoms with E-state index in [0.717, 1.165) is 31.1 Å². The molecule has 1 unspecified atom stereocenters. The van der Waals surface area contributed by atoms with E-state index in [0.29, 0.717) is 6.42 Å². The molecular formula is C20H44N2O5S. The van der Waals surface area contributed by atoms with E-state index in [1.807, 2.05) is 0 Å². The minimum Gasteiger partial charge on any atom is -0.726 e. The first-order valence-corrected chi connectivity index (χ1v) is 12.0. The Bertz CT molecular complexity index is 479. The quantitative estimate of drug-likeness (QED) is 0.141. The lowest BCUT2D eigenvalue weighted by Crippen LogP contribution is -2.58. The van der Waals surface area contributed by atoms with Gasteiger partial charge in [-0.2, -0.15) is 0 Å². The number of unbranched alkanes of at least 4 members (excludes halogenated alkanes) is 8. The van der Waals surface area contributed by atoms with Crippen molar-refractivity contribution in [1.82, 2.24) is 5.32 Å². The third-order valence-corrected chi connectivity index (χ3v) is 5.87. The van der Waals surface area contributed by atoms with Crippen LogP contribution in [0.5, 0.6) is 0 Å². The van der Waals surface area contributed by atoms with Gasteiger partial charge in [-0.25, -0.2) is 8.42 Å². The van der Waals surface area contributed by atoms with Gasteiger partial charge in [0.1, 0.15) is 0 Å². The van der Waals surface area contributed by atoms with Crippen molar-refractivity contribution in [2.45, 2.75) is 98.1 Å². The van der Waals surface area contributed by atoms with Crippen LogP contribution in [-0.4, -0.2) is 56.8 Å². The fourth-order valence-corrected chi connectivity index (χ4v) is 2.83. The molecule has 0 aromatic rings. The molecule has 0 rings (SSSR count). The Balaban J connectivity index is 0. The molecular weight excluding hydrogens is 380 g/mol. The van der Waals surface area contributed by atoms with Crippen molar-refractivity contribution in [2.75, 3.05) is 27.2 Å². The van der Waals surface area contributed by atoms with Crippen LogP contribution < -0.4 is 5.32 Å². The number of carbonyl (C=O) groups is 1. The molecule has 0 spiro atoms. The molecule has 0 aromatic heterocycles. The van der Waals surface area contributed by atoms with Gasteiger partial charge < -0.3 is 14.4 Å². The lowest BCUT2D eigenvalue weighted by atomic mass is 10.1. The monoisotopic (exact) mass is 424 g/mol. The number of hydrogen-bond acceptors (Lipinski definition) is 5. The van der Waals surface area contributed by atoms with Crippen molar-refractivity contribution >= 4 is 16.3 Å². The molecule has 8 heteroatoms. The summed E-state index contributed by atoms with van der Waals surface area (Å²) in [7, 11) is -1.39. The summed E-state index contributed by atoms with van der Waals surface area (Å²) < 4.78 is 31.9. The average Bonchev–Trinajstić information content (AvgIpc) is 2.65. The van der Waals surface area contributed by atoms with Crippen LogP contribution in [0.25, 0.3) is 0 Å². The van der Waals surface area contributed by atoms with Gasteiger partial charge in [-0.1, -0.05) is 58.3 Å². The molecule has 0 heterocycles. The van der Waals surface area contributed by atoms with E-state index in [9.17, 15) is 17.8 Å². The fourth-order valence-electron chi connectivity index (χ4n) is 2.83. The molecule has 28 heavy (non-hydrogen) atoms. The molecule has 0 aliphatic heterocycles. The summed E-state index contributed by atoms with van der Waals surface area (Å²) >= 11 is 0. The topological polar surface area (TPSA) is 95.5 Å². The second-order valence-corrected chi connectivity index (χ2v) is 8.66. The van der Waals surface area contributed by atoms with Gasteiger partial charge in [-0.05, 0) is 20.3 Å². The van der Waals surface area contributed by atoms with Crippen molar-refractivity contribution in [3.8, 4) is 0 Å². The van der Waals surface area contributed by atoms with Gasteiger partial charge in [-0.15, -0.1) is 0 Å². The smallest absolute Gasteiger partial charge is 0.224 e. The summed E-state index contributed by atoms with van der Waals surface area (Å²) in [6, 6.07) is 0. The minimum atomic E-state index is -4.41. The molecule has 0 bridgehead atoms. The zero-order chi connectivity index (χ0) is 22.1. The summed E-state index contributed by atoms with van der Waals surface area (Å²) in [6.45, 7) is 10.9. The van der Waals surface area contributed by atoms with Crippen LogP contribution in [0.1, 0.15) is 91.9 Å². The molecule has 0 aromatic carbocycles. The van der Waals surface area contributed by atoms with E-state index >= 15 is 0 Å². The highest BCUT2D eigenvalue weighted by Gasteiger charge is 2.26. The maximum atomic E-state index is 12.0. The highest BCUT2D eigenvalue weighted by molar-refractivity contribution is 7.80. The number of nitrogens with one attached hydrogen (secondary N) is 1. The first-order chi connectivity index (χ1) is 13.1. The molecule has 1 atom stereocenters. The highest BCUT2D eigenvalue weighted by atomic mass is 32.3. The van der Waals surface area contributed by atoms with Crippen molar-refractivity contribution in [1.29, 1.82) is 0 Å². The van der Waals surface area contributed by atoms with Gasteiger partial charge in [0.05, 0.1) is 27.2 Å². The third-order valence-electron chi connectivity index (χ3n) is 5.46. The van der Waals surface area contributed by atoms with Crippen LogP contribution in [0.15, 0.2) is 0 Å². The number of nitrogens with zero attached hydrogens (tertiary/aromatic N) is 1. The second-order valence-electron chi connectivity index (χ2n) is 7.51. The Labute approximate surface area is 173 Å². The zero-order valence-electron chi connectivity index (χ0n) is 19.0. The van der Waals surface area contributed by atoms with Gasteiger partial charge in [0.25, 0.3) is 0 Å². The Morgan fingerprint density at radius 1 is 0.964 bits per heavy atom. The molecule has 0 radical (unpaired) electrons. The molecule has 0 aliphatic rings. The first-order valence-electron chi connectivity index (χ1n) is 10.7. The summed E-state index contributed by atoms with van der Waals surface area (Å²) in [5, 5.41) is 3.18.